The zero-order valence-electron chi connectivity index (χ0n) is 25.0. The van der Waals surface area contributed by atoms with E-state index in [2.05, 4.69) is 22.1 Å². The number of methoxy groups -OCH3 is 1. The van der Waals surface area contributed by atoms with Gasteiger partial charge in [0.2, 0.25) is 11.8 Å². The summed E-state index contributed by atoms with van der Waals surface area (Å²) < 4.78 is 68.6. The first-order chi connectivity index (χ1) is 21.4. The second kappa shape index (κ2) is 13.5. The van der Waals surface area contributed by atoms with E-state index in [-0.39, 0.29) is 35.7 Å². The van der Waals surface area contributed by atoms with Gasteiger partial charge in [0, 0.05) is 37.4 Å². The Morgan fingerprint density at radius 2 is 1.69 bits per heavy atom. The molecule has 0 saturated heterocycles. The predicted octanol–water partition coefficient (Wildman–Crippen LogP) is 6.49. The lowest BCUT2D eigenvalue weighted by molar-refractivity contribution is -0.139. The Labute approximate surface area is 257 Å². The molecule has 3 aromatic rings. The predicted molar refractivity (Wildman–Crippen MR) is 153 cm³/mol. The monoisotopic (exact) mass is 633 g/mol. The lowest BCUT2D eigenvalue weighted by Crippen LogP contribution is -2.47. The third-order valence-electron chi connectivity index (χ3n) is 8.70. The van der Waals surface area contributed by atoms with E-state index in [1.807, 2.05) is 0 Å². The fraction of sp³-hybridized carbons (Fsp3) is 0.516. The van der Waals surface area contributed by atoms with Crippen molar-refractivity contribution >= 4 is 17.6 Å². The highest BCUT2D eigenvalue weighted by Crippen LogP contribution is 2.41. The van der Waals surface area contributed by atoms with Crippen LogP contribution in [0.2, 0.25) is 0 Å². The molecular weight excluding hydrogens is 598 g/mol. The van der Waals surface area contributed by atoms with E-state index in [1.165, 1.54) is 17.3 Å². The summed E-state index contributed by atoms with van der Waals surface area (Å²) >= 11 is 0. The number of carboxylic acids is 1. The molecule has 2 fully saturated rings. The minimum Gasteiger partial charge on any atom is -0.478 e. The minimum absolute atomic E-state index is 0.00212. The molecule has 2 aromatic heterocycles. The highest BCUT2D eigenvalue weighted by molar-refractivity contribution is 6.03. The molecule has 0 spiro atoms. The average Bonchev–Trinajstić information content (AvgIpc) is 3.52. The first kappa shape index (κ1) is 32.3. The third kappa shape index (κ3) is 7.43. The number of aromatic carboxylic acids is 1. The Bertz CT molecular complexity index is 1500. The molecule has 0 aliphatic heterocycles. The summed E-state index contributed by atoms with van der Waals surface area (Å²) in [5.41, 5.74) is -1.79. The number of nitrogens with zero attached hydrogens (tertiary/aromatic N) is 5. The summed E-state index contributed by atoms with van der Waals surface area (Å²) in [5.74, 6) is -4.49. The number of aromatic nitrogens is 4. The molecule has 1 N–H and O–H groups in total. The number of pyridine rings is 1. The standard InChI is InChI=1S/C31H35F4N5O5/c1-18-3-5-20(6-4-18)29(41)40(21-7-9-22(44-2)10-8-21)26-15-25(32)27(14-23(26)30(42)43)45-28-24(31(33,34)35)13-19(16-36-28)17-39-37-11-12-38-39/h11-16,18,20-22H,3-10,17H2,1-2H3,(H,42,43)/t18-,20-,21?,22?. The van der Waals surface area contributed by atoms with Gasteiger partial charge in [-0.05, 0) is 68.9 Å². The van der Waals surface area contributed by atoms with Gasteiger partial charge in [0.15, 0.2) is 11.6 Å². The maximum absolute atomic E-state index is 15.7. The zero-order valence-corrected chi connectivity index (χ0v) is 25.0. The summed E-state index contributed by atoms with van der Waals surface area (Å²) in [7, 11) is 1.61. The molecule has 5 rings (SSSR count). The molecule has 242 valence electrons. The van der Waals surface area contributed by atoms with Crippen molar-refractivity contribution in [3.63, 3.8) is 0 Å². The van der Waals surface area contributed by atoms with Crippen molar-refractivity contribution in [2.24, 2.45) is 11.8 Å². The summed E-state index contributed by atoms with van der Waals surface area (Å²) in [4.78, 5) is 32.9. The number of amides is 1. The number of carbonyl (C=O) groups is 2. The highest BCUT2D eigenvalue weighted by atomic mass is 19.4. The van der Waals surface area contributed by atoms with E-state index in [0.717, 1.165) is 42.0 Å². The van der Waals surface area contributed by atoms with E-state index < -0.39 is 46.8 Å². The number of alkyl halides is 3. The number of ether oxygens (including phenoxy) is 2. The Morgan fingerprint density at radius 3 is 2.29 bits per heavy atom. The molecule has 2 heterocycles. The Balaban J connectivity index is 1.51. The van der Waals surface area contributed by atoms with Crippen LogP contribution in [-0.2, 0) is 22.3 Å². The second-order valence-electron chi connectivity index (χ2n) is 11.8. The lowest BCUT2D eigenvalue weighted by atomic mass is 9.81. The topological polar surface area (TPSA) is 120 Å². The molecule has 2 saturated carbocycles. The minimum atomic E-state index is -4.93. The number of anilines is 1. The van der Waals surface area contributed by atoms with Crippen LogP contribution < -0.4 is 9.64 Å². The summed E-state index contributed by atoms with van der Waals surface area (Å²) in [6, 6.07) is 2.08. The van der Waals surface area contributed by atoms with Crippen LogP contribution in [0.3, 0.4) is 0 Å². The van der Waals surface area contributed by atoms with Crippen molar-refractivity contribution in [3.8, 4) is 11.6 Å². The van der Waals surface area contributed by atoms with Crippen molar-refractivity contribution in [1.29, 1.82) is 0 Å². The van der Waals surface area contributed by atoms with Gasteiger partial charge in [0.05, 0.1) is 36.3 Å². The van der Waals surface area contributed by atoms with Crippen LogP contribution in [0, 0.1) is 17.7 Å². The number of carbonyl (C=O) groups excluding carboxylic acids is 1. The van der Waals surface area contributed by atoms with E-state index in [9.17, 15) is 27.9 Å². The Hall–Kier alpha value is -4.07. The molecular formula is C31H35F4N5O5. The lowest BCUT2D eigenvalue weighted by Gasteiger charge is -2.40. The molecule has 10 nitrogen and oxygen atoms in total. The largest absolute Gasteiger partial charge is 0.478 e. The number of carboxylic acid groups (broad SMARTS) is 1. The Morgan fingerprint density at radius 1 is 1.02 bits per heavy atom. The number of benzene rings is 1. The number of rotatable bonds is 9. The number of hydrogen-bond acceptors (Lipinski definition) is 7. The van der Waals surface area contributed by atoms with Crippen LogP contribution >= 0.6 is 0 Å². The fourth-order valence-corrected chi connectivity index (χ4v) is 6.19. The highest BCUT2D eigenvalue weighted by Gasteiger charge is 2.39. The smallest absolute Gasteiger partial charge is 0.421 e. The second-order valence-corrected chi connectivity index (χ2v) is 11.8. The molecule has 1 amide bonds. The maximum Gasteiger partial charge on any atom is 0.421 e. The van der Waals surface area contributed by atoms with Crippen LogP contribution in [0.1, 0.15) is 79.8 Å². The number of halogens is 4. The summed E-state index contributed by atoms with van der Waals surface area (Å²) in [6.07, 6.45) is 4.20. The van der Waals surface area contributed by atoms with E-state index in [1.54, 1.807) is 7.11 Å². The molecule has 0 atom stereocenters. The Kier molecular flexibility index (Phi) is 9.70. The SMILES string of the molecule is COC1CCC(N(c2cc(F)c(Oc3ncc(Cn4nccn4)cc3C(F)(F)F)cc2C(=O)O)C(=O)[C@H]2CC[C@H](C)CC2)CC1. The van der Waals surface area contributed by atoms with E-state index in [0.29, 0.717) is 44.4 Å². The van der Waals surface area contributed by atoms with Crippen LogP contribution in [0.15, 0.2) is 36.8 Å². The van der Waals surface area contributed by atoms with Crippen LogP contribution in [0.25, 0.3) is 0 Å². The molecule has 0 unspecified atom stereocenters. The van der Waals surface area contributed by atoms with Crippen molar-refractivity contribution in [3.05, 3.63) is 59.3 Å². The van der Waals surface area contributed by atoms with Crippen LogP contribution in [0.4, 0.5) is 23.2 Å². The first-order valence-electron chi connectivity index (χ1n) is 14.9. The molecule has 2 aliphatic carbocycles. The molecule has 0 radical (unpaired) electrons. The summed E-state index contributed by atoms with van der Waals surface area (Å²) in [5, 5.41) is 17.9. The third-order valence-corrected chi connectivity index (χ3v) is 8.70. The van der Waals surface area contributed by atoms with Gasteiger partial charge in [0.1, 0.15) is 5.56 Å². The van der Waals surface area contributed by atoms with Gasteiger partial charge in [-0.25, -0.2) is 14.2 Å². The number of hydrogen-bond donors (Lipinski definition) is 1. The normalized spacial score (nSPS) is 22.2. The van der Waals surface area contributed by atoms with Gasteiger partial charge >= 0.3 is 12.1 Å². The average molecular weight is 634 g/mol. The van der Waals surface area contributed by atoms with Gasteiger partial charge in [-0.3, -0.25) is 4.79 Å². The van der Waals surface area contributed by atoms with Gasteiger partial charge in [0.25, 0.3) is 0 Å². The van der Waals surface area contributed by atoms with Crippen LogP contribution in [-0.4, -0.2) is 56.2 Å². The van der Waals surface area contributed by atoms with Crippen LogP contribution in [0.5, 0.6) is 11.6 Å². The van der Waals surface area contributed by atoms with Crippen molar-refractivity contribution in [2.75, 3.05) is 12.0 Å². The van der Waals surface area contributed by atoms with E-state index in [4.69, 9.17) is 9.47 Å². The molecule has 45 heavy (non-hydrogen) atoms. The zero-order chi connectivity index (χ0) is 32.3. The van der Waals surface area contributed by atoms with Gasteiger partial charge in [-0.2, -0.15) is 28.2 Å². The van der Waals surface area contributed by atoms with Gasteiger partial charge < -0.3 is 19.5 Å². The molecule has 14 heteroatoms. The molecule has 1 aromatic carbocycles. The quantitative estimate of drug-likeness (QED) is 0.266. The van der Waals surface area contributed by atoms with Gasteiger partial charge in [-0.1, -0.05) is 6.92 Å². The maximum atomic E-state index is 15.7. The van der Waals surface area contributed by atoms with Crippen molar-refractivity contribution in [2.45, 2.75) is 83.2 Å². The molecule has 2 aliphatic rings. The van der Waals surface area contributed by atoms with Crippen molar-refractivity contribution < 1.29 is 41.7 Å². The fourth-order valence-electron chi connectivity index (χ4n) is 6.19. The van der Waals surface area contributed by atoms with Gasteiger partial charge in [-0.15, -0.1) is 0 Å². The van der Waals surface area contributed by atoms with Crippen molar-refractivity contribution in [1.82, 2.24) is 20.0 Å². The summed E-state index contributed by atoms with van der Waals surface area (Å²) in [6.45, 7) is 2.01. The van der Waals surface area contributed by atoms with E-state index >= 15 is 4.39 Å². The molecule has 0 bridgehead atoms. The first-order valence-corrected chi connectivity index (χ1v) is 14.9.